The topological polar surface area (TPSA) is 66.9 Å². The highest BCUT2D eigenvalue weighted by Gasteiger charge is 2.08. The molecule has 0 fully saturated rings. The number of aromatic nitrogens is 2. The molecule has 0 aliphatic heterocycles. The molecule has 0 radical (unpaired) electrons. The number of rotatable bonds is 6. The number of carbonyl (C=O) groups excluding carboxylic acids is 1. The third-order valence-corrected chi connectivity index (χ3v) is 3.58. The van der Waals surface area contributed by atoms with Crippen LogP contribution in [0.5, 0.6) is 0 Å². The van der Waals surface area contributed by atoms with E-state index >= 15 is 0 Å². The maximum atomic E-state index is 13.6. The van der Waals surface area contributed by atoms with Crippen LogP contribution in [0.15, 0.2) is 66.7 Å². The number of halogens is 1. The van der Waals surface area contributed by atoms with Crippen LogP contribution in [0.25, 0.3) is 0 Å². The number of hydrogen-bond donors (Lipinski definition) is 2. The van der Waals surface area contributed by atoms with Gasteiger partial charge in [-0.1, -0.05) is 42.5 Å². The molecule has 2 aromatic carbocycles. The Bertz CT molecular complexity index is 838. The first-order valence-electron chi connectivity index (χ1n) is 7.90. The second kappa shape index (κ2) is 8.01. The molecule has 1 amide bonds. The number of para-hydroxylation sites is 1. The second-order valence-electron chi connectivity index (χ2n) is 5.40. The van der Waals surface area contributed by atoms with Crippen LogP contribution in [0, 0.1) is 5.82 Å². The summed E-state index contributed by atoms with van der Waals surface area (Å²) < 4.78 is 13.6. The molecule has 5 nitrogen and oxygen atoms in total. The molecule has 0 aliphatic carbocycles. The van der Waals surface area contributed by atoms with E-state index in [1.54, 1.807) is 30.3 Å². The van der Waals surface area contributed by atoms with Crippen LogP contribution in [-0.2, 0) is 6.42 Å². The highest BCUT2D eigenvalue weighted by Crippen LogP contribution is 2.17. The van der Waals surface area contributed by atoms with Crippen LogP contribution >= 0.6 is 0 Å². The molecule has 1 aromatic heterocycles. The number of anilines is 2. The lowest BCUT2D eigenvalue weighted by Gasteiger charge is -2.07. The number of carbonyl (C=O) groups is 1. The smallest absolute Gasteiger partial charge is 0.271 e. The molecule has 0 atom stereocenters. The van der Waals surface area contributed by atoms with E-state index in [4.69, 9.17) is 0 Å². The summed E-state index contributed by atoms with van der Waals surface area (Å²) in [5, 5.41) is 13.4. The van der Waals surface area contributed by atoms with Crippen LogP contribution in [0.1, 0.15) is 16.1 Å². The monoisotopic (exact) mass is 336 g/mol. The Morgan fingerprint density at radius 3 is 2.40 bits per heavy atom. The van der Waals surface area contributed by atoms with Crippen molar-refractivity contribution in [3.05, 3.63) is 83.8 Å². The summed E-state index contributed by atoms with van der Waals surface area (Å²) in [4.78, 5) is 12.1. The van der Waals surface area contributed by atoms with Gasteiger partial charge in [0.1, 0.15) is 5.82 Å². The van der Waals surface area contributed by atoms with Crippen molar-refractivity contribution in [1.82, 2.24) is 15.5 Å². The minimum absolute atomic E-state index is 0.215. The standard InChI is InChI=1S/C19H17FN4O/c20-15-8-4-5-9-16(15)22-18-11-10-17(23-24-18)19(25)21-13-12-14-6-2-1-3-7-14/h1-11H,12-13H2,(H,21,25)(H,22,24). The Balaban J connectivity index is 1.54. The van der Waals surface area contributed by atoms with E-state index in [1.807, 2.05) is 30.3 Å². The highest BCUT2D eigenvalue weighted by molar-refractivity contribution is 5.92. The predicted octanol–water partition coefficient (Wildman–Crippen LogP) is 3.33. The van der Waals surface area contributed by atoms with Gasteiger partial charge in [0.15, 0.2) is 11.5 Å². The Kier molecular flexibility index (Phi) is 5.31. The predicted molar refractivity (Wildman–Crippen MR) is 94.2 cm³/mol. The van der Waals surface area contributed by atoms with Crippen LogP contribution in [0.4, 0.5) is 15.9 Å². The third-order valence-electron chi connectivity index (χ3n) is 3.58. The zero-order valence-corrected chi connectivity index (χ0v) is 13.4. The summed E-state index contributed by atoms with van der Waals surface area (Å²) in [7, 11) is 0. The number of nitrogens with one attached hydrogen (secondary N) is 2. The fourth-order valence-corrected chi connectivity index (χ4v) is 2.28. The van der Waals surface area contributed by atoms with Crippen LogP contribution in [0.2, 0.25) is 0 Å². The number of nitrogens with zero attached hydrogens (tertiary/aromatic N) is 2. The molecule has 1 heterocycles. The van der Waals surface area contributed by atoms with Crippen molar-refractivity contribution in [2.75, 3.05) is 11.9 Å². The SMILES string of the molecule is O=C(NCCc1ccccc1)c1ccc(Nc2ccccc2F)nn1. The van der Waals surface area contributed by atoms with Crippen LogP contribution < -0.4 is 10.6 Å². The van der Waals surface area contributed by atoms with Crippen molar-refractivity contribution in [1.29, 1.82) is 0 Å². The normalized spacial score (nSPS) is 10.3. The van der Waals surface area contributed by atoms with Gasteiger partial charge in [0.05, 0.1) is 5.69 Å². The van der Waals surface area contributed by atoms with Gasteiger partial charge in [-0.3, -0.25) is 4.79 Å². The van der Waals surface area contributed by atoms with E-state index in [1.165, 1.54) is 6.07 Å². The molecule has 6 heteroatoms. The largest absolute Gasteiger partial charge is 0.350 e. The molecule has 3 aromatic rings. The summed E-state index contributed by atoms with van der Waals surface area (Å²) in [6.07, 6.45) is 0.743. The Morgan fingerprint density at radius 2 is 1.68 bits per heavy atom. The van der Waals surface area contributed by atoms with Crippen molar-refractivity contribution in [3.63, 3.8) is 0 Å². The van der Waals surface area contributed by atoms with Gasteiger partial charge in [0, 0.05) is 6.54 Å². The first kappa shape index (κ1) is 16.6. The van der Waals surface area contributed by atoms with Gasteiger partial charge in [0.2, 0.25) is 0 Å². The molecule has 25 heavy (non-hydrogen) atoms. The minimum atomic E-state index is -0.382. The third kappa shape index (κ3) is 4.60. The first-order chi connectivity index (χ1) is 12.2. The number of hydrogen-bond acceptors (Lipinski definition) is 4. The minimum Gasteiger partial charge on any atom is -0.350 e. The lowest BCUT2D eigenvalue weighted by molar-refractivity contribution is 0.0948. The lowest BCUT2D eigenvalue weighted by Crippen LogP contribution is -2.26. The number of amides is 1. The Labute approximate surface area is 144 Å². The van der Waals surface area contributed by atoms with Gasteiger partial charge in [-0.15, -0.1) is 10.2 Å². The molecule has 0 saturated heterocycles. The molecule has 0 unspecified atom stereocenters. The zero-order valence-electron chi connectivity index (χ0n) is 13.4. The fraction of sp³-hybridized carbons (Fsp3) is 0.105. The van der Waals surface area contributed by atoms with Gasteiger partial charge in [-0.2, -0.15) is 0 Å². The van der Waals surface area contributed by atoms with Crippen LogP contribution in [-0.4, -0.2) is 22.6 Å². The average molecular weight is 336 g/mol. The van der Waals surface area contributed by atoms with E-state index < -0.39 is 0 Å². The Hall–Kier alpha value is -3.28. The van der Waals surface area contributed by atoms with Gasteiger partial charge >= 0.3 is 0 Å². The van der Waals surface area contributed by atoms with Crippen LogP contribution in [0.3, 0.4) is 0 Å². The van der Waals surface area contributed by atoms with E-state index in [-0.39, 0.29) is 17.4 Å². The van der Waals surface area contributed by atoms with E-state index in [0.717, 1.165) is 12.0 Å². The van der Waals surface area contributed by atoms with E-state index in [2.05, 4.69) is 20.8 Å². The van der Waals surface area contributed by atoms with Crippen molar-refractivity contribution >= 4 is 17.4 Å². The lowest BCUT2D eigenvalue weighted by atomic mass is 10.1. The molecule has 2 N–H and O–H groups in total. The van der Waals surface area contributed by atoms with Crippen molar-refractivity contribution < 1.29 is 9.18 Å². The molecule has 0 spiro atoms. The summed E-state index contributed by atoms with van der Waals surface area (Å²) in [5.41, 5.74) is 1.67. The molecule has 126 valence electrons. The van der Waals surface area contributed by atoms with Crippen molar-refractivity contribution in [3.8, 4) is 0 Å². The fourth-order valence-electron chi connectivity index (χ4n) is 2.28. The van der Waals surface area contributed by atoms with Crippen molar-refractivity contribution in [2.45, 2.75) is 6.42 Å². The summed E-state index contributed by atoms with van der Waals surface area (Å²) >= 11 is 0. The molecule has 0 aliphatic rings. The molecular formula is C19H17FN4O. The van der Waals surface area contributed by atoms with Gasteiger partial charge in [-0.05, 0) is 36.2 Å². The maximum absolute atomic E-state index is 13.6. The van der Waals surface area contributed by atoms with Gasteiger partial charge < -0.3 is 10.6 Å². The summed E-state index contributed by atoms with van der Waals surface area (Å²) in [5.74, 6) is -0.307. The van der Waals surface area contributed by atoms with E-state index in [0.29, 0.717) is 18.1 Å². The van der Waals surface area contributed by atoms with Gasteiger partial charge in [0.25, 0.3) is 5.91 Å². The zero-order chi connectivity index (χ0) is 17.5. The number of benzene rings is 2. The average Bonchev–Trinajstić information content (AvgIpc) is 2.65. The molecule has 0 saturated carbocycles. The molecule has 0 bridgehead atoms. The molecule has 3 rings (SSSR count). The quantitative estimate of drug-likeness (QED) is 0.724. The van der Waals surface area contributed by atoms with Crippen molar-refractivity contribution in [2.24, 2.45) is 0 Å². The summed E-state index contributed by atoms with van der Waals surface area (Å²) in [6, 6.07) is 19.3. The van der Waals surface area contributed by atoms with E-state index in [9.17, 15) is 9.18 Å². The summed E-state index contributed by atoms with van der Waals surface area (Å²) in [6.45, 7) is 0.514. The second-order valence-corrected chi connectivity index (χ2v) is 5.40. The molecular weight excluding hydrogens is 319 g/mol. The first-order valence-corrected chi connectivity index (χ1v) is 7.90. The maximum Gasteiger partial charge on any atom is 0.271 e. The van der Waals surface area contributed by atoms with Gasteiger partial charge in [-0.25, -0.2) is 4.39 Å². The Morgan fingerprint density at radius 1 is 0.920 bits per heavy atom. The highest BCUT2D eigenvalue weighted by atomic mass is 19.1.